The molecule has 0 aliphatic carbocycles. The summed E-state index contributed by atoms with van der Waals surface area (Å²) in [5.41, 5.74) is -1.33. The first-order valence-electron chi connectivity index (χ1n) is 3.28. The van der Waals surface area contributed by atoms with Gasteiger partial charge in [-0.3, -0.25) is 0 Å². The van der Waals surface area contributed by atoms with Crippen molar-refractivity contribution in [2.45, 2.75) is 6.18 Å². The van der Waals surface area contributed by atoms with Gasteiger partial charge in [0, 0.05) is 9.77 Å². The van der Waals surface area contributed by atoms with E-state index in [1.54, 1.807) is 0 Å². The molecule has 0 radical (unpaired) electrons. The molecule has 1 aromatic rings. The molecule has 0 unspecified atom stereocenters. The van der Waals surface area contributed by atoms with E-state index in [0.29, 0.717) is 6.20 Å². The summed E-state index contributed by atoms with van der Waals surface area (Å²) in [4.78, 5) is 13.7. The Bertz CT molecular complexity index is 388. The van der Waals surface area contributed by atoms with Gasteiger partial charge in [0.2, 0.25) is 0 Å². The fraction of sp³-hybridized carbons (Fsp3) is 0.143. The van der Waals surface area contributed by atoms with Gasteiger partial charge in [-0.05, 0) is 28.7 Å². The van der Waals surface area contributed by atoms with Gasteiger partial charge >= 0.3 is 41.7 Å². The summed E-state index contributed by atoms with van der Waals surface area (Å²) in [7, 11) is 0. The molecule has 0 bridgehead atoms. The maximum Gasteiger partial charge on any atom is 1.00 e. The second-order valence-electron chi connectivity index (χ2n) is 2.36. The third-order valence-corrected chi connectivity index (χ3v) is 2.19. The van der Waals surface area contributed by atoms with Crippen LogP contribution >= 0.6 is 22.6 Å². The van der Waals surface area contributed by atoms with E-state index in [-0.39, 0.29) is 40.2 Å². The second-order valence-corrected chi connectivity index (χ2v) is 3.52. The first-order valence-corrected chi connectivity index (χ1v) is 4.36. The van der Waals surface area contributed by atoms with Crippen LogP contribution in [0.5, 0.6) is 0 Å². The topological polar surface area (TPSA) is 50.2 Å². The molecule has 0 aliphatic heterocycles. The normalized spacial score (nSPS) is 10.7. The van der Waals surface area contributed by atoms with E-state index >= 15 is 0 Å². The predicted octanol–water partition coefficient (Wildman–Crippen LogP) is -0.480. The number of nitrogens with zero attached hydrogens (tertiary/aromatic N) is 1. The Hall–Kier alpha value is 0.140. The smallest absolute Gasteiger partial charge is 1.00 e. The fourth-order valence-corrected chi connectivity index (χ4v) is 1.46. The van der Waals surface area contributed by atoms with Crippen molar-refractivity contribution >= 4 is 28.6 Å². The van der Waals surface area contributed by atoms with Crippen molar-refractivity contribution in [2.75, 3.05) is 0 Å². The van der Waals surface area contributed by atoms with Crippen molar-refractivity contribution in [1.29, 1.82) is 0 Å². The van der Waals surface area contributed by atoms with Crippen molar-refractivity contribution in [3.05, 3.63) is 27.1 Å². The molecule has 78 valence electrons. The minimum Gasteiger partial charge on any atom is -1.00 e. The number of hydrogen-bond acceptors (Lipinski definition) is 2. The van der Waals surface area contributed by atoms with Crippen LogP contribution in [0.2, 0.25) is 0 Å². The summed E-state index contributed by atoms with van der Waals surface area (Å²) in [5, 5.41) is 8.51. The zero-order valence-corrected chi connectivity index (χ0v) is 11.6. The number of alkyl halides is 3. The molecule has 0 saturated carbocycles. The van der Waals surface area contributed by atoms with Crippen LogP contribution in [-0.4, -0.2) is 16.1 Å². The van der Waals surface area contributed by atoms with E-state index in [1.807, 2.05) is 0 Å². The van der Waals surface area contributed by atoms with Crippen molar-refractivity contribution < 1.29 is 54.1 Å². The molecule has 0 amide bonds. The standard InChI is InChI=1S/C7H3F3INO2.Na.H/c8-7(9,10)3-1-4(11)5(6(13)14)12-2-3;;/h1-2H,(H,13,14);;/q;+1;-1. The van der Waals surface area contributed by atoms with Crippen LogP contribution in [0.4, 0.5) is 13.2 Å². The minimum absolute atomic E-state index is 0. The summed E-state index contributed by atoms with van der Waals surface area (Å²) in [6, 6.07) is 0.747. The number of pyridine rings is 1. The van der Waals surface area contributed by atoms with Gasteiger partial charge in [0.05, 0.1) is 5.56 Å². The number of carboxylic acid groups (broad SMARTS) is 1. The molecule has 0 atom stereocenters. The fourth-order valence-electron chi connectivity index (χ4n) is 0.750. The SMILES string of the molecule is O=C(O)c1ncc(C(F)(F)F)cc1I.[H-].[Na+]. The van der Waals surface area contributed by atoms with Gasteiger partial charge in [-0.2, -0.15) is 13.2 Å². The van der Waals surface area contributed by atoms with Gasteiger partial charge in [-0.1, -0.05) is 0 Å². The third-order valence-electron chi connectivity index (χ3n) is 1.37. The van der Waals surface area contributed by atoms with Crippen LogP contribution in [-0.2, 0) is 6.18 Å². The quantitative estimate of drug-likeness (QED) is 0.555. The largest absolute Gasteiger partial charge is 1.00 e. The molecular weight excluding hydrogens is 337 g/mol. The number of hydrogen-bond donors (Lipinski definition) is 1. The molecule has 15 heavy (non-hydrogen) atoms. The average Bonchev–Trinajstić information content (AvgIpc) is 2.01. The first kappa shape index (κ1) is 15.1. The van der Waals surface area contributed by atoms with E-state index in [1.165, 1.54) is 22.6 Å². The number of aromatic carboxylic acids is 1. The van der Waals surface area contributed by atoms with E-state index in [4.69, 9.17) is 5.11 Å². The van der Waals surface area contributed by atoms with Crippen molar-refractivity contribution in [3.8, 4) is 0 Å². The Morgan fingerprint density at radius 1 is 1.53 bits per heavy atom. The molecule has 1 aromatic heterocycles. The molecule has 8 heteroatoms. The van der Waals surface area contributed by atoms with Crippen LogP contribution in [0.1, 0.15) is 17.5 Å². The Balaban J connectivity index is 0. The molecule has 0 saturated heterocycles. The zero-order valence-electron chi connectivity index (χ0n) is 8.47. The molecule has 1 heterocycles. The van der Waals surface area contributed by atoms with Gasteiger partial charge < -0.3 is 6.53 Å². The van der Waals surface area contributed by atoms with Crippen molar-refractivity contribution in [3.63, 3.8) is 0 Å². The Morgan fingerprint density at radius 3 is 2.40 bits per heavy atom. The number of halogens is 4. The summed E-state index contributed by atoms with van der Waals surface area (Å²) in [6.07, 6.45) is -3.99. The van der Waals surface area contributed by atoms with Gasteiger partial charge in [0.1, 0.15) is 0 Å². The molecule has 1 N–H and O–H groups in total. The van der Waals surface area contributed by atoms with Gasteiger partial charge in [0.15, 0.2) is 5.69 Å². The number of aromatic nitrogens is 1. The van der Waals surface area contributed by atoms with Gasteiger partial charge in [0.25, 0.3) is 0 Å². The molecule has 0 fully saturated rings. The molecule has 0 aliphatic rings. The van der Waals surface area contributed by atoms with Crippen LogP contribution in [0.3, 0.4) is 0 Å². The van der Waals surface area contributed by atoms with E-state index in [9.17, 15) is 18.0 Å². The van der Waals surface area contributed by atoms with E-state index in [0.717, 1.165) is 6.07 Å². The van der Waals surface area contributed by atoms with Gasteiger partial charge in [-0.25, -0.2) is 9.78 Å². The van der Waals surface area contributed by atoms with E-state index in [2.05, 4.69) is 4.98 Å². The molecule has 0 spiro atoms. The van der Waals surface area contributed by atoms with Gasteiger partial charge in [-0.15, -0.1) is 0 Å². The van der Waals surface area contributed by atoms with E-state index < -0.39 is 17.7 Å². The van der Waals surface area contributed by atoms with Crippen LogP contribution < -0.4 is 29.6 Å². The number of carboxylic acids is 1. The molecule has 0 aromatic carbocycles. The Morgan fingerprint density at radius 2 is 2.07 bits per heavy atom. The third kappa shape index (κ3) is 3.89. The maximum atomic E-state index is 12.1. The Kier molecular flexibility index (Phi) is 5.51. The molecular formula is C7H4F3INNaO2. The monoisotopic (exact) mass is 341 g/mol. The van der Waals surface area contributed by atoms with Crippen molar-refractivity contribution in [1.82, 2.24) is 4.98 Å². The first-order chi connectivity index (χ1) is 6.32. The molecule has 1 rings (SSSR count). The van der Waals surface area contributed by atoms with Crippen LogP contribution in [0, 0.1) is 3.57 Å². The van der Waals surface area contributed by atoms with Crippen LogP contribution in [0.25, 0.3) is 0 Å². The number of rotatable bonds is 1. The summed E-state index contributed by atoms with van der Waals surface area (Å²) in [5.74, 6) is -1.34. The second kappa shape index (κ2) is 5.46. The molecule has 3 nitrogen and oxygen atoms in total. The van der Waals surface area contributed by atoms with Crippen molar-refractivity contribution in [2.24, 2.45) is 0 Å². The summed E-state index contributed by atoms with van der Waals surface area (Å²) in [6.45, 7) is 0. The zero-order chi connectivity index (χ0) is 10.9. The van der Waals surface area contributed by atoms with Crippen LogP contribution in [0.15, 0.2) is 12.3 Å². The minimum atomic E-state index is -4.50. The summed E-state index contributed by atoms with van der Waals surface area (Å²) >= 11 is 1.50. The maximum absolute atomic E-state index is 12.1. The average molecular weight is 341 g/mol. The number of carbonyl (C=O) groups is 1. The summed E-state index contributed by atoms with van der Waals surface area (Å²) < 4.78 is 36.3. The predicted molar refractivity (Wildman–Crippen MR) is 50.0 cm³/mol. The Labute approximate surface area is 120 Å².